The van der Waals surface area contributed by atoms with E-state index < -0.39 is 0 Å². The molecular formula is C15H15IN2O3. The Morgan fingerprint density at radius 1 is 1.29 bits per heavy atom. The van der Waals surface area contributed by atoms with E-state index in [0.29, 0.717) is 28.4 Å². The van der Waals surface area contributed by atoms with Crippen LogP contribution in [0, 0.1) is 3.57 Å². The average molecular weight is 398 g/mol. The fourth-order valence-electron chi connectivity index (χ4n) is 2.19. The van der Waals surface area contributed by atoms with Gasteiger partial charge in [-0.2, -0.15) is 0 Å². The zero-order valence-corrected chi connectivity index (χ0v) is 13.8. The molecule has 0 atom stereocenters. The van der Waals surface area contributed by atoms with Crippen molar-refractivity contribution in [3.05, 3.63) is 37.8 Å². The van der Waals surface area contributed by atoms with Gasteiger partial charge in [-0.1, -0.05) is 6.92 Å². The van der Waals surface area contributed by atoms with Gasteiger partial charge in [0.1, 0.15) is 5.82 Å². The number of benzene rings is 1. The summed E-state index contributed by atoms with van der Waals surface area (Å²) in [5.41, 5.74) is 1.52. The number of ether oxygens (including phenoxy) is 2. The standard InChI is InChI=1S/C15H15IN2O3/c1-2-10-13(16)15(19)18-14(17-10)9-4-5-11-12(8-9)21-7-3-6-20-11/h4-5,8H,2-3,6-7H2,1H3,(H,17,18,19). The molecule has 0 aliphatic carbocycles. The summed E-state index contributed by atoms with van der Waals surface area (Å²) in [6.07, 6.45) is 1.59. The molecule has 1 aliphatic rings. The number of hydrogen-bond acceptors (Lipinski definition) is 4. The summed E-state index contributed by atoms with van der Waals surface area (Å²) in [5, 5.41) is 0. The molecule has 2 aromatic rings. The zero-order valence-electron chi connectivity index (χ0n) is 11.6. The molecule has 21 heavy (non-hydrogen) atoms. The Kier molecular flexibility index (Phi) is 4.14. The van der Waals surface area contributed by atoms with Crippen molar-refractivity contribution in [1.29, 1.82) is 0 Å². The van der Waals surface area contributed by atoms with Crippen molar-refractivity contribution < 1.29 is 9.47 Å². The second kappa shape index (κ2) is 6.05. The predicted octanol–water partition coefficient (Wildman–Crippen LogP) is 2.77. The van der Waals surface area contributed by atoms with Gasteiger partial charge in [0.05, 0.1) is 22.5 Å². The molecule has 1 aromatic heterocycles. The lowest BCUT2D eigenvalue weighted by molar-refractivity contribution is 0.297. The third-order valence-electron chi connectivity index (χ3n) is 3.29. The fourth-order valence-corrected chi connectivity index (χ4v) is 2.82. The van der Waals surface area contributed by atoms with Gasteiger partial charge in [0, 0.05) is 12.0 Å². The van der Waals surface area contributed by atoms with Gasteiger partial charge < -0.3 is 14.5 Å². The molecule has 0 saturated carbocycles. The maximum Gasteiger partial charge on any atom is 0.264 e. The normalized spacial score (nSPS) is 13.8. The molecular weight excluding hydrogens is 383 g/mol. The summed E-state index contributed by atoms with van der Waals surface area (Å²) >= 11 is 2.03. The van der Waals surface area contributed by atoms with E-state index in [-0.39, 0.29) is 5.56 Å². The highest BCUT2D eigenvalue weighted by atomic mass is 127. The number of hydrogen-bond donors (Lipinski definition) is 1. The first kappa shape index (κ1) is 14.4. The topological polar surface area (TPSA) is 64.2 Å². The Bertz CT molecular complexity index is 727. The molecule has 1 aliphatic heterocycles. The minimum atomic E-state index is -0.107. The van der Waals surface area contributed by atoms with Crippen LogP contribution in [0.1, 0.15) is 19.0 Å². The van der Waals surface area contributed by atoms with Gasteiger partial charge in [-0.25, -0.2) is 4.98 Å². The van der Waals surface area contributed by atoms with Crippen LogP contribution in [0.4, 0.5) is 0 Å². The fraction of sp³-hybridized carbons (Fsp3) is 0.333. The molecule has 3 rings (SSSR count). The highest BCUT2D eigenvalue weighted by Gasteiger charge is 2.14. The van der Waals surface area contributed by atoms with Gasteiger partial charge in [0.15, 0.2) is 11.5 Å². The summed E-state index contributed by atoms with van der Waals surface area (Å²) in [6.45, 7) is 3.28. The maximum absolute atomic E-state index is 12.0. The predicted molar refractivity (Wildman–Crippen MR) is 88.0 cm³/mol. The molecule has 0 saturated heterocycles. The number of aromatic nitrogens is 2. The first-order valence-corrected chi connectivity index (χ1v) is 7.95. The summed E-state index contributed by atoms with van der Waals surface area (Å²) < 4.78 is 11.9. The van der Waals surface area contributed by atoms with E-state index in [4.69, 9.17) is 9.47 Å². The number of H-pyrrole nitrogens is 1. The van der Waals surface area contributed by atoms with Gasteiger partial charge in [-0.3, -0.25) is 4.79 Å². The van der Waals surface area contributed by atoms with Crippen LogP contribution >= 0.6 is 22.6 Å². The summed E-state index contributed by atoms with van der Waals surface area (Å²) in [5.74, 6) is 2.00. The van der Waals surface area contributed by atoms with Gasteiger partial charge in [-0.05, 0) is 47.2 Å². The quantitative estimate of drug-likeness (QED) is 0.791. The third kappa shape index (κ3) is 2.90. The molecule has 5 nitrogen and oxygen atoms in total. The number of fused-ring (bicyclic) bond motifs is 1. The van der Waals surface area contributed by atoms with Crippen molar-refractivity contribution in [3.63, 3.8) is 0 Å². The minimum absolute atomic E-state index is 0.107. The van der Waals surface area contributed by atoms with Crippen molar-refractivity contribution in [3.8, 4) is 22.9 Å². The molecule has 1 aromatic carbocycles. The van der Waals surface area contributed by atoms with E-state index in [2.05, 4.69) is 9.97 Å². The Labute approximate surface area is 135 Å². The number of nitrogens with one attached hydrogen (secondary N) is 1. The number of halogens is 1. The van der Waals surface area contributed by atoms with Crippen LogP contribution in [-0.4, -0.2) is 23.2 Å². The zero-order chi connectivity index (χ0) is 14.8. The summed E-state index contributed by atoms with van der Waals surface area (Å²) in [4.78, 5) is 19.3. The second-order valence-electron chi connectivity index (χ2n) is 4.74. The lowest BCUT2D eigenvalue weighted by atomic mass is 10.2. The molecule has 0 amide bonds. The van der Waals surface area contributed by atoms with E-state index in [1.54, 1.807) is 0 Å². The van der Waals surface area contributed by atoms with Gasteiger partial charge in [0.25, 0.3) is 5.56 Å². The molecule has 110 valence electrons. The van der Waals surface area contributed by atoms with Crippen molar-refractivity contribution >= 4 is 22.6 Å². The van der Waals surface area contributed by atoms with E-state index in [9.17, 15) is 4.79 Å². The highest BCUT2D eigenvalue weighted by Crippen LogP contribution is 2.33. The Balaban J connectivity index is 2.07. The Morgan fingerprint density at radius 2 is 2.05 bits per heavy atom. The third-order valence-corrected chi connectivity index (χ3v) is 4.40. The van der Waals surface area contributed by atoms with Crippen LogP contribution < -0.4 is 15.0 Å². The maximum atomic E-state index is 12.0. The molecule has 0 bridgehead atoms. The molecule has 0 radical (unpaired) electrons. The number of aryl methyl sites for hydroxylation is 1. The van der Waals surface area contributed by atoms with Crippen molar-refractivity contribution in [2.45, 2.75) is 19.8 Å². The minimum Gasteiger partial charge on any atom is -0.490 e. The SMILES string of the molecule is CCc1nc(-c2ccc3c(c2)OCCCO3)[nH]c(=O)c1I. The number of nitrogens with zero attached hydrogens (tertiary/aromatic N) is 1. The highest BCUT2D eigenvalue weighted by molar-refractivity contribution is 14.1. The first-order chi connectivity index (χ1) is 10.2. The van der Waals surface area contributed by atoms with Crippen LogP contribution in [0.2, 0.25) is 0 Å². The van der Waals surface area contributed by atoms with Gasteiger partial charge >= 0.3 is 0 Å². The lowest BCUT2D eigenvalue weighted by Gasteiger charge is -2.10. The number of rotatable bonds is 2. The summed E-state index contributed by atoms with van der Waals surface area (Å²) in [7, 11) is 0. The molecule has 1 N–H and O–H groups in total. The van der Waals surface area contributed by atoms with Gasteiger partial charge in [-0.15, -0.1) is 0 Å². The van der Waals surface area contributed by atoms with Crippen molar-refractivity contribution in [2.24, 2.45) is 0 Å². The number of aromatic amines is 1. The lowest BCUT2D eigenvalue weighted by Crippen LogP contribution is -2.16. The van der Waals surface area contributed by atoms with Crippen molar-refractivity contribution in [2.75, 3.05) is 13.2 Å². The smallest absolute Gasteiger partial charge is 0.264 e. The average Bonchev–Trinajstić information content (AvgIpc) is 2.74. The van der Waals surface area contributed by atoms with Crippen LogP contribution in [-0.2, 0) is 6.42 Å². The summed E-state index contributed by atoms with van der Waals surface area (Å²) in [6, 6.07) is 5.61. The van der Waals surface area contributed by atoms with Crippen LogP contribution in [0.25, 0.3) is 11.4 Å². The van der Waals surface area contributed by atoms with Crippen LogP contribution in [0.3, 0.4) is 0 Å². The van der Waals surface area contributed by atoms with E-state index in [1.807, 2.05) is 47.7 Å². The molecule has 2 heterocycles. The van der Waals surface area contributed by atoms with Crippen molar-refractivity contribution in [1.82, 2.24) is 9.97 Å². The second-order valence-corrected chi connectivity index (χ2v) is 5.82. The van der Waals surface area contributed by atoms with Crippen LogP contribution in [0.15, 0.2) is 23.0 Å². The Morgan fingerprint density at radius 3 is 2.81 bits per heavy atom. The first-order valence-electron chi connectivity index (χ1n) is 6.87. The largest absolute Gasteiger partial charge is 0.490 e. The molecule has 6 heteroatoms. The molecule has 0 spiro atoms. The Hall–Kier alpha value is -1.57. The molecule has 0 unspecified atom stereocenters. The monoisotopic (exact) mass is 398 g/mol. The van der Waals surface area contributed by atoms with E-state index >= 15 is 0 Å². The van der Waals surface area contributed by atoms with E-state index in [1.165, 1.54) is 0 Å². The van der Waals surface area contributed by atoms with Crippen LogP contribution in [0.5, 0.6) is 11.5 Å². The van der Waals surface area contributed by atoms with Gasteiger partial charge in [0.2, 0.25) is 0 Å². The molecule has 0 fully saturated rings. The van der Waals surface area contributed by atoms with E-state index in [0.717, 1.165) is 29.8 Å².